The minimum absolute atomic E-state index is 0.000699. The number of aryl methyl sites for hydroxylation is 1. The van der Waals surface area contributed by atoms with Gasteiger partial charge in [0.2, 0.25) is 5.91 Å². The predicted molar refractivity (Wildman–Crippen MR) is 118 cm³/mol. The molecule has 7 heteroatoms. The maximum absolute atomic E-state index is 15.2. The number of hydrogen-bond donors (Lipinski definition) is 2. The largest absolute Gasteiger partial charge is 0.350 e. The fraction of sp³-hybridized carbons (Fsp3) is 0.652. The summed E-state index contributed by atoms with van der Waals surface area (Å²) in [6.07, 6.45) is 3.70. The maximum Gasteiger partial charge on any atom is 0.251 e. The van der Waals surface area contributed by atoms with Gasteiger partial charge in [0, 0.05) is 29.2 Å². The highest BCUT2D eigenvalue weighted by Crippen LogP contribution is 2.39. The fourth-order valence-corrected chi connectivity index (χ4v) is 4.38. The van der Waals surface area contributed by atoms with Crippen molar-refractivity contribution in [1.82, 2.24) is 15.5 Å². The molecule has 5 nitrogen and oxygen atoms in total. The fourth-order valence-electron chi connectivity index (χ4n) is 4.12. The second kappa shape index (κ2) is 9.23. The van der Waals surface area contributed by atoms with Crippen molar-refractivity contribution >= 4 is 23.4 Å². The third kappa shape index (κ3) is 6.17. The van der Waals surface area contributed by atoms with Crippen molar-refractivity contribution in [2.24, 2.45) is 5.92 Å². The molecular weight excluding hydrogens is 405 g/mol. The van der Waals surface area contributed by atoms with Crippen LogP contribution in [0.3, 0.4) is 0 Å². The highest BCUT2D eigenvalue weighted by Gasteiger charge is 2.39. The maximum atomic E-state index is 15.2. The number of amides is 2. The molecule has 0 atom stereocenters. The van der Waals surface area contributed by atoms with Crippen molar-refractivity contribution in [3.8, 4) is 0 Å². The topological polar surface area (TPSA) is 61.4 Å². The third-order valence-electron chi connectivity index (χ3n) is 6.37. The molecule has 0 aromatic heterocycles. The summed E-state index contributed by atoms with van der Waals surface area (Å²) in [6, 6.07) is 5.22. The highest BCUT2D eigenvalue weighted by molar-refractivity contribution is 6.31. The van der Waals surface area contributed by atoms with E-state index in [1.165, 1.54) is 12.8 Å². The first-order chi connectivity index (χ1) is 14.1. The molecule has 1 aromatic carbocycles. The van der Waals surface area contributed by atoms with E-state index in [0.717, 1.165) is 12.0 Å². The molecule has 2 aliphatic rings. The minimum atomic E-state index is -1.46. The highest BCUT2D eigenvalue weighted by atomic mass is 35.5. The Bertz CT molecular complexity index is 787. The second-order valence-electron chi connectivity index (χ2n) is 9.36. The molecule has 0 spiro atoms. The van der Waals surface area contributed by atoms with Gasteiger partial charge in [-0.2, -0.15) is 0 Å². The Morgan fingerprint density at radius 1 is 1.23 bits per heavy atom. The van der Waals surface area contributed by atoms with Gasteiger partial charge in [0.25, 0.3) is 5.91 Å². The molecule has 2 fully saturated rings. The molecular formula is C23H33ClFN3O2. The molecule has 30 heavy (non-hydrogen) atoms. The van der Waals surface area contributed by atoms with Crippen LogP contribution in [0.25, 0.3) is 0 Å². The first-order valence-electron chi connectivity index (χ1n) is 10.9. The number of nitrogens with zero attached hydrogens (tertiary/aromatic N) is 1. The Kier molecular flexibility index (Phi) is 7.08. The van der Waals surface area contributed by atoms with E-state index in [4.69, 9.17) is 11.6 Å². The average molecular weight is 438 g/mol. The third-order valence-corrected chi connectivity index (χ3v) is 6.59. The second-order valence-corrected chi connectivity index (χ2v) is 9.79. The Morgan fingerprint density at radius 3 is 2.50 bits per heavy atom. The molecule has 3 rings (SSSR count). The Morgan fingerprint density at radius 2 is 1.90 bits per heavy atom. The van der Waals surface area contributed by atoms with Gasteiger partial charge in [-0.05, 0) is 75.6 Å². The molecule has 1 saturated heterocycles. The summed E-state index contributed by atoms with van der Waals surface area (Å²) >= 11 is 6.08. The van der Waals surface area contributed by atoms with E-state index in [1.807, 2.05) is 17.9 Å². The zero-order valence-corrected chi connectivity index (χ0v) is 18.9. The van der Waals surface area contributed by atoms with E-state index >= 15 is 4.39 Å². The van der Waals surface area contributed by atoms with Crippen LogP contribution in [-0.2, 0) is 11.2 Å². The number of carbonyl (C=O) groups excluding carboxylic acids is 2. The monoisotopic (exact) mass is 437 g/mol. The number of piperidine rings is 1. The van der Waals surface area contributed by atoms with Crippen molar-refractivity contribution in [2.75, 3.05) is 26.2 Å². The van der Waals surface area contributed by atoms with Crippen LogP contribution in [0.2, 0.25) is 5.02 Å². The van der Waals surface area contributed by atoms with Gasteiger partial charge in [-0.15, -0.1) is 0 Å². The molecule has 1 aliphatic carbocycles. The number of benzene rings is 1. The van der Waals surface area contributed by atoms with Crippen LogP contribution in [0.5, 0.6) is 0 Å². The van der Waals surface area contributed by atoms with Gasteiger partial charge in [-0.3, -0.25) is 14.5 Å². The van der Waals surface area contributed by atoms with Gasteiger partial charge in [0.05, 0.1) is 13.1 Å². The number of hydrogen-bond acceptors (Lipinski definition) is 3. The van der Waals surface area contributed by atoms with Gasteiger partial charge in [0.1, 0.15) is 5.67 Å². The molecule has 2 N–H and O–H groups in total. The molecule has 0 radical (unpaired) electrons. The quantitative estimate of drug-likeness (QED) is 0.651. The average Bonchev–Trinajstić information content (AvgIpc) is 3.53. The summed E-state index contributed by atoms with van der Waals surface area (Å²) in [7, 11) is 0. The number of nitrogens with one attached hydrogen (secondary N) is 2. The molecule has 1 aliphatic heterocycles. The van der Waals surface area contributed by atoms with Gasteiger partial charge < -0.3 is 10.6 Å². The molecule has 0 bridgehead atoms. The van der Waals surface area contributed by atoms with Gasteiger partial charge in [-0.1, -0.05) is 18.5 Å². The lowest BCUT2D eigenvalue weighted by Crippen LogP contribution is -2.53. The smallest absolute Gasteiger partial charge is 0.251 e. The first-order valence-corrected chi connectivity index (χ1v) is 11.3. The number of halogens is 2. The zero-order valence-electron chi connectivity index (χ0n) is 18.2. The summed E-state index contributed by atoms with van der Waals surface area (Å²) in [5, 5.41) is 6.35. The number of rotatable bonds is 8. The van der Waals surface area contributed by atoms with Crippen LogP contribution >= 0.6 is 11.6 Å². The predicted octanol–water partition coefficient (Wildman–Crippen LogP) is 3.74. The molecule has 1 aromatic rings. The van der Waals surface area contributed by atoms with E-state index in [9.17, 15) is 9.59 Å². The Hall–Kier alpha value is -1.66. The van der Waals surface area contributed by atoms with Crippen LogP contribution in [0, 0.1) is 5.92 Å². The Balaban J connectivity index is 1.45. The van der Waals surface area contributed by atoms with Crippen molar-refractivity contribution in [2.45, 2.75) is 64.1 Å². The van der Waals surface area contributed by atoms with E-state index in [2.05, 4.69) is 24.5 Å². The number of carbonyl (C=O) groups is 2. The van der Waals surface area contributed by atoms with Crippen LogP contribution in [0.1, 0.15) is 62.4 Å². The lowest BCUT2D eigenvalue weighted by Gasteiger charge is -2.36. The van der Waals surface area contributed by atoms with Crippen LogP contribution in [0.4, 0.5) is 4.39 Å². The summed E-state index contributed by atoms with van der Waals surface area (Å²) in [6.45, 7) is 7.39. The molecule has 166 valence electrons. The molecule has 1 heterocycles. The van der Waals surface area contributed by atoms with Crippen LogP contribution in [-0.4, -0.2) is 54.1 Å². The Labute approximate surface area is 183 Å². The zero-order chi connectivity index (χ0) is 21.9. The standard InChI is InChI=1S/C23H33ClFN3O2/c1-4-16-11-17(13-19(24)12-16)21(30)26-15-23(25)7-9-28(10-8-23)14-20(29)27-22(2,3)18-5-6-18/h11-13,18H,4-10,14-15H2,1-3H3,(H,26,30)(H,27,29). The van der Waals surface area contributed by atoms with E-state index in [-0.39, 0.29) is 23.9 Å². The van der Waals surface area contributed by atoms with Crippen molar-refractivity contribution in [3.05, 3.63) is 34.3 Å². The van der Waals surface area contributed by atoms with Gasteiger partial charge in [-0.25, -0.2) is 4.39 Å². The SMILES string of the molecule is CCc1cc(Cl)cc(C(=O)NCC2(F)CCN(CC(=O)NC(C)(C)C3CC3)CC2)c1. The van der Waals surface area contributed by atoms with E-state index < -0.39 is 5.67 Å². The van der Waals surface area contributed by atoms with Crippen molar-refractivity contribution < 1.29 is 14.0 Å². The molecule has 2 amide bonds. The summed E-state index contributed by atoms with van der Waals surface area (Å²) in [5.41, 5.74) is -0.199. The lowest BCUT2D eigenvalue weighted by atomic mass is 9.93. The van der Waals surface area contributed by atoms with E-state index in [1.54, 1.807) is 12.1 Å². The number of alkyl halides is 1. The van der Waals surface area contributed by atoms with Crippen molar-refractivity contribution in [3.63, 3.8) is 0 Å². The van der Waals surface area contributed by atoms with Gasteiger partial charge in [0.15, 0.2) is 0 Å². The van der Waals surface area contributed by atoms with Gasteiger partial charge >= 0.3 is 0 Å². The first kappa shape index (κ1) is 23.0. The number of likely N-dealkylation sites (tertiary alicyclic amines) is 1. The van der Waals surface area contributed by atoms with E-state index in [0.29, 0.717) is 49.0 Å². The molecule has 0 unspecified atom stereocenters. The van der Waals surface area contributed by atoms with Crippen LogP contribution < -0.4 is 10.6 Å². The molecule has 1 saturated carbocycles. The summed E-state index contributed by atoms with van der Waals surface area (Å²) in [4.78, 5) is 26.8. The summed E-state index contributed by atoms with van der Waals surface area (Å²) < 4.78 is 15.2. The normalized spacial score (nSPS) is 19.4. The lowest BCUT2D eigenvalue weighted by molar-refractivity contribution is -0.124. The summed E-state index contributed by atoms with van der Waals surface area (Å²) in [5.74, 6) is 0.255. The minimum Gasteiger partial charge on any atom is -0.350 e. The van der Waals surface area contributed by atoms with Crippen molar-refractivity contribution in [1.29, 1.82) is 0 Å². The van der Waals surface area contributed by atoms with Crippen LogP contribution in [0.15, 0.2) is 18.2 Å².